The highest BCUT2D eigenvalue weighted by Gasteiger charge is 2.24. The maximum absolute atomic E-state index is 11.7. The molecule has 1 aromatic rings. The third kappa shape index (κ3) is 5.39. The van der Waals surface area contributed by atoms with Gasteiger partial charge in [-0.15, -0.1) is 11.8 Å². The number of aliphatic hydroxyl groups is 1. The molecule has 1 unspecified atom stereocenters. The molecular weight excluding hydrogens is 270 g/mol. The van der Waals surface area contributed by atoms with Crippen molar-refractivity contribution in [3.8, 4) is 0 Å². The molecule has 0 aromatic heterocycles. The summed E-state index contributed by atoms with van der Waals surface area (Å²) in [7, 11) is 0. The van der Waals surface area contributed by atoms with Crippen molar-refractivity contribution in [1.29, 1.82) is 0 Å². The number of rotatable bonds is 6. The minimum Gasteiger partial charge on any atom is -0.388 e. The predicted octanol–water partition coefficient (Wildman–Crippen LogP) is 2.94. The lowest BCUT2D eigenvalue weighted by molar-refractivity contribution is -0.118. The molecule has 110 valence electrons. The van der Waals surface area contributed by atoms with Gasteiger partial charge in [0.05, 0.1) is 5.60 Å². The van der Waals surface area contributed by atoms with Crippen LogP contribution in [0.2, 0.25) is 0 Å². The zero-order valence-electron chi connectivity index (χ0n) is 12.5. The molecule has 1 atom stereocenters. The van der Waals surface area contributed by atoms with Crippen LogP contribution in [0.3, 0.4) is 0 Å². The molecule has 0 saturated heterocycles. The number of carbonyl (C=O) groups excluding carboxylic acids is 1. The summed E-state index contributed by atoms with van der Waals surface area (Å²) in [5, 5.41) is 12.8. The minimum atomic E-state index is -0.885. The minimum absolute atomic E-state index is 0.0888. The van der Waals surface area contributed by atoms with Crippen LogP contribution in [-0.2, 0) is 4.79 Å². The summed E-state index contributed by atoms with van der Waals surface area (Å²) in [6.07, 6.45) is 5.28. The molecule has 3 nitrogen and oxygen atoms in total. The molecule has 1 rings (SSSR count). The monoisotopic (exact) mass is 293 g/mol. The quantitative estimate of drug-likeness (QED) is 0.626. The van der Waals surface area contributed by atoms with Crippen molar-refractivity contribution in [3.05, 3.63) is 35.9 Å². The summed E-state index contributed by atoms with van der Waals surface area (Å²) in [6.45, 7) is 5.83. The number of benzene rings is 1. The molecule has 1 amide bonds. The molecule has 0 aliphatic heterocycles. The van der Waals surface area contributed by atoms with Crippen molar-refractivity contribution in [2.75, 3.05) is 12.8 Å². The molecule has 0 saturated carbocycles. The zero-order chi connectivity index (χ0) is 15.2. The molecular formula is C16H23NO2S. The average molecular weight is 293 g/mol. The second-order valence-electron chi connectivity index (χ2n) is 5.34. The van der Waals surface area contributed by atoms with E-state index in [1.807, 2.05) is 44.4 Å². The van der Waals surface area contributed by atoms with Crippen LogP contribution in [0.15, 0.2) is 35.2 Å². The van der Waals surface area contributed by atoms with Gasteiger partial charge in [0.25, 0.3) is 0 Å². The van der Waals surface area contributed by atoms with Gasteiger partial charge in [-0.05, 0) is 42.9 Å². The van der Waals surface area contributed by atoms with Gasteiger partial charge in [0.15, 0.2) is 0 Å². The number of amides is 1. The highest BCUT2D eigenvalue weighted by molar-refractivity contribution is 7.98. The van der Waals surface area contributed by atoms with Crippen LogP contribution in [0.5, 0.6) is 0 Å². The second-order valence-corrected chi connectivity index (χ2v) is 6.22. The lowest BCUT2D eigenvalue weighted by Crippen LogP contribution is -2.43. The maximum Gasteiger partial charge on any atom is 0.244 e. The highest BCUT2D eigenvalue weighted by atomic mass is 32.2. The van der Waals surface area contributed by atoms with Crippen molar-refractivity contribution in [3.63, 3.8) is 0 Å². The molecule has 1 aromatic carbocycles. The number of hydrogen-bond acceptors (Lipinski definition) is 3. The third-order valence-electron chi connectivity index (χ3n) is 3.41. The summed E-state index contributed by atoms with van der Waals surface area (Å²) < 4.78 is 0. The first-order chi connectivity index (χ1) is 9.35. The summed E-state index contributed by atoms with van der Waals surface area (Å²) in [4.78, 5) is 12.9. The van der Waals surface area contributed by atoms with Crippen LogP contribution in [0.25, 0.3) is 6.08 Å². The Labute approximate surface area is 125 Å². The van der Waals surface area contributed by atoms with E-state index in [9.17, 15) is 9.90 Å². The first-order valence-electron chi connectivity index (χ1n) is 6.67. The molecule has 0 aliphatic rings. The fourth-order valence-corrected chi connectivity index (χ4v) is 1.82. The molecule has 0 aliphatic carbocycles. The topological polar surface area (TPSA) is 49.3 Å². The van der Waals surface area contributed by atoms with Gasteiger partial charge in [-0.25, -0.2) is 0 Å². The summed E-state index contributed by atoms with van der Waals surface area (Å²) >= 11 is 1.68. The van der Waals surface area contributed by atoms with Crippen molar-refractivity contribution in [1.82, 2.24) is 5.32 Å². The number of thioether (sulfide) groups is 1. The Kier molecular flexibility index (Phi) is 6.30. The Morgan fingerprint density at radius 1 is 1.40 bits per heavy atom. The van der Waals surface area contributed by atoms with E-state index in [0.717, 1.165) is 5.56 Å². The zero-order valence-corrected chi connectivity index (χ0v) is 13.3. The van der Waals surface area contributed by atoms with E-state index in [4.69, 9.17) is 0 Å². The van der Waals surface area contributed by atoms with Gasteiger partial charge >= 0.3 is 0 Å². The van der Waals surface area contributed by atoms with Gasteiger partial charge in [0.2, 0.25) is 5.91 Å². The summed E-state index contributed by atoms with van der Waals surface area (Å²) in [6, 6.07) is 7.98. The Hall–Kier alpha value is -1.26. The molecule has 0 radical (unpaired) electrons. The first kappa shape index (κ1) is 16.8. The predicted molar refractivity (Wildman–Crippen MR) is 85.7 cm³/mol. The van der Waals surface area contributed by atoms with Gasteiger partial charge in [-0.1, -0.05) is 26.0 Å². The van der Waals surface area contributed by atoms with Gasteiger partial charge in [-0.2, -0.15) is 0 Å². The van der Waals surface area contributed by atoms with E-state index >= 15 is 0 Å². The normalized spacial score (nSPS) is 14.5. The molecule has 0 heterocycles. The van der Waals surface area contributed by atoms with E-state index in [1.165, 1.54) is 11.0 Å². The SMILES string of the molecule is CSc1ccc(C=CC(=O)NCC(C)(O)C(C)C)cc1. The Morgan fingerprint density at radius 3 is 2.50 bits per heavy atom. The Balaban J connectivity index is 2.51. The van der Waals surface area contributed by atoms with E-state index < -0.39 is 5.60 Å². The molecule has 20 heavy (non-hydrogen) atoms. The smallest absolute Gasteiger partial charge is 0.244 e. The van der Waals surface area contributed by atoms with E-state index in [-0.39, 0.29) is 18.4 Å². The fourth-order valence-electron chi connectivity index (χ4n) is 1.42. The van der Waals surface area contributed by atoms with Gasteiger partial charge in [0.1, 0.15) is 0 Å². The van der Waals surface area contributed by atoms with Crippen LogP contribution in [0, 0.1) is 5.92 Å². The lowest BCUT2D eigenvalue weighted by Gasteiger charge is -2.27. The Bertz CT molecular complexity index is 464. The summed E-state index contributed by atoms with van der Waals surface area (Å²) in [5.74, 6) is -0.106. The Morgan fingerprint density at radius 2 is 2.00 bits per heavy atom. The van der Waals surface area contributed by atoms with Crippen molar-refractivity contribution < 1.29 is 9.90 Å². The molecule has 0 spiro atoms. The van der Waals surface area contributed by atoms with E-state index in [2.05, 4.69) is 5.32 Å². The van der Waals surface area contributed by atoms with E-state index in [0.29, 0.717) is 0 Å². The number of carbonyl (C=O) groups is 1. The molecule has 4 heteroatoms. The molecule has 0 fully saturated rings. The number of hydrogen-bond donors (Lipinski definition) is 2. The van der Waals surface area contributed by atoms with Crippen LogP contribution < -0.4 is 5.32 Å². The second kappa shape index (κ2) is 7.50. The lowest BCUT2D eigenvalue weighted by atomic mass is 9.92. The van der Waals surface area contributed by atoms with Crippen LogP contribution in [-0.4, -0.2) is 29.4 Å². The van der Waals surface area contributed by atoms with Gasteiger partial charge < -0.3 is 10.4 Å². The van der Waals surface area contributed by atoms with E-state index in [1.54, 1.807) is 24.8 Å². The van der Waals surface area contributed by atoms with Crippen molar-refractivity contribution in [2.24, 2.45) is 5.92 Å². The van der Waals surface area contributed by atoms with Crippen LogP contribution in [0.1, 0.15) is 26.3 Å². The molecule has 0 bridgehead atoms. The van der Waals surface area contributed by atoms with Crippen molar-refractivity contribution >= 4 is 23.7 Å². The van der Waals surface area contributed by atoms with Gasteiger partial charge in [-0.3, -0.25) is 4.79 Å². The first-order valence-corrected chi connectivity index (χ1v) is 7.90. The average Bonchev–Trinajstić information content (AvgIpc) is 2.43. The highest BCUT2D eigenvalue weighted by Crippen LogP contribution is 2.16. The van der Waals surface area contributed by atoms with Crippen molar-refractivity contribution in [2.45, 2.75) is 31.3 Å². The maximum atomic E-state index is 11.7. The molecule has 2 N–H and O–H groups in total. The third-order valence-corrected chi connectivity index (χ3v) is 4.15. The van der Waals surface area contributed by atoms with Crippen LogP contribution >= 0.6 is 11.8 Å². The summed E-state index contributed by atoms with van der Waals surface area (Å²) in [5.41, 5.74) is 0.0947. The fraction of sp³-hybridized carbons (Fsp3) is 0.438. The number of nitrogens with one attached hydrogen (secondary N) is 1. The van der Waals surface area contributed by atoms with Crippen LogP contribution in [0.4, 0.5) is 0 Å². The largest absolute Gasteiger partial charge is 0.388 e. The standard InChI is InChI=1S/C16H23NO2S/c1-12(2)16(3,19)11-17-15(18)10-7-13-5-8-14(20-4)9-6-13/h5-10,12,19H,11H2,1-4H3,(H,17,18). The van der Waals surface area contributed by atoms with Gasteiger partial charge in [0, 0.05) is 17.5 Å².